The Labute approximate surface area is 424 Å². The SMILES string of the molecule is CO[C@H]1C[C@@H]2CC[C@@H](C)[C@@](O)(O2)C(=O)C(=O)N2CCCC[C@H]2C(=O)O[C@H]([C@H](C)C[C@@H]2CC[C@@H](C(=O)CCO)[C@H](OC)C2)CC(=O)[C@H](C)/C=C(\C)[C@@H](O)[C@@H](OC)C(=O)[C@H](C)C[C@H](C)C2OC2C2OC2C2OC21C. The molecule has 406 valence electrons. The molecule has 5 saturated heterocycles. The standard InChI is InChI=1S/C54H83NO17/c1-27-21-29(3)42(59)45(67-10)43(60)30(4)22-31(5)44-46(69-44)47-48(70-47)50-53(7,72-50)41(66-9)25-34-16-14-32(6)54(64,71-34)49(61)51(62)55-19-12-11-13-36(55)52(63)68-39(26-38(27)58)28(2)23-33-15-17-35(37(57)18-20-56)40(24-33)65-8/h21,27-28,30-36,39-42,44-48,50,56,59,64H,11-20,22-26H2,1-10H3/b29-21+/t27-,28-,30-,31+,32-,33+,34+,35+,36+,39+,40-,41+,42-,44?,45-,46?,47?,48?,50?,53?,54-/m1/s1. The third-order valence-electron chi connectivity index (χ3n) is 17.6. The van der Waals surface area contributed by atoms with Crippen molar-refractivity contribution in [3.63, 3.8) is 0 Å². The largest absolute Gasteiger partial charge is 0.460 e. The van der Waals surface area contributed by atoms with Crippen molar-refractivity contribution in [1.29, 1.82) is 0 Å². The number of ketones is 4. The molecular formula is C54H83NO17. The van der Waals surface area contributed by atoms with Crippen LogP contribution < -0.4 is 0 Å². The maximum Gasteiger partial charge on any atom is 0.329 e. The van der Waals surface area contributed by atoms with Crippen LogP contribution in [0.5, 0.6) is 0 Å². The van der Waals surface area contributed by atoms with Crippen molar-refractivity contribution in [2.75, 3.05) is 34.5 Å². The van der Waals surface area contributed by atoms with Crippen molar-refractivity contribution in [1.82, 2.24) is 4.90 Å². The number of hydrogen-bond acceptors (Lipinski definition) is 17. The minimum atomic E-state index is -2.48. The first-order valence-electron chi connectivity index (χ1n) is 26.7. The molecule has 1 aliphatic carbocycles. The smallest absolute Gasteiger partial charge is 0.329 e. The predicted octanol–water partition coefficient (Wildman–Crippen LogP) is 4.02. The number of carbonyl (C=O) groups excluding carboxylic acids is 6. The summed E-state index contributed by atoms with van der Waals surface area (Å²) in [5.41, 5.74) is -0.413. The molecule has 6 fully saturated rings. The van der Waals surface area contributed by atoms with E-state index in [4.69, 9.17) is 37.9 Å². The second-order valence-electron chi connectivity index (χ2n) is 22.7. The van der Waals surface area contributed by atoms with Crippen LogP contribution in [0.25, 0.3) is 0 Å². The van der Waals surface area contributed by atoms with Gasteiger partial charge in [-0.1, -0.05) is 40.7 Å². The van der Waals surface area contributed by atoms with E-state index in [1.165, 1.54) is 12.0 Å². The molecule has 21 atom stereocenters. The van der Waals surface area contributed by atoms with Crippen LogP contribution in [0.3, 0.4) is 0 Å². The summed E-state index contributed by atoms with van der Waals surface area (Å²) in [6.07, 6.45) is 0.305. The van der Waals surface area contributed by atoms with E-state index in [0.29, 0.717) is 63.4 Å². The molecule has 72 heavy (non-hydrogen) atoms. The molecule has 3 N–H and O–H groups in total. The van der Waals surface area contributed by atoms with Crippen LogP contribution in [-0.4, -0.2) is 174 Å². The second-order valence-corrected chi connectivity index (χ2v) is 22.7. The number of aliphatic hydroxyl groups is 3. The van der Waals surface area contributed by atoms with Crippen LogP contribution in [0.15, 0.2) is 11.6 Å². The van der Waals surface area contributed by atoms with Gasteiger partial charge in [-0.2, -0.15) is 0 Å². The number of aliphatic hydroxyl groups excluding tert-OH is 2. The van der Waals surface area contributed by atoms with Crippen molar-refractivity contribution in [3.05, 3.63) is 11.6 Å². The number of carbonyl (C=O) groups is 6. The Balaban J connectivity index is 1.15. The van der Waals surface area contributed by atoms with Gasteiger partial charge in [0.05, 0.1) is 24.4 Å². The lowest BCUT2D eigenvalue weighted by molar-refractivity contribution is -0.267. The van der Waals surface area contributed by atoms with Crippen LogP contribution in [0.2, 0.25) is 0 Å². The van der Waals surface area contributed by atoms with Gasteiger partial charge in [0.15, 0.2) is 5.78 Å². The van der Waals surface area contributed by atoms with E-state index in [1.807, 2.05) is 27.7 Å². The third kappa shape index (κ3) is 12.1. The number of hydrogen-bond donors (Lipinski definition) is 3. The Bertz CT molecular complexity index is 2010. The Morgan fingerprint density at radius 3 is 2.26 bits per heavy atom. The fourth-order valence-corrected chi connectivity index (χ4v) is 12.7. The molecule has 0 aromatic rings. The molecule has 0 aromatic carbocycles. The average Bonchev–Trinajstić information content (AvgIpc) is 4.28. The summed E-state index contributed by atoms with van der Waals surface area (Å²) in [4.78, 5) is 85.6. The number of epoxide rings is 3. The summed E-state index contributed by atoms with van der Waals surface area (Å²) in [5.74, 6) is -8.90. The molecule has 7 rings (SSSR count). The topological polar surface area (TPSA) is 250 Å². The number of amides is 1. The molecule has 1 saturated carbocycles. The van der Waals surface area contributed by atoms with Gasteiger partial charge in [0.2, 0.25) is 5.79 Å². The summed E-state index contributed by atoms with van der Waals surface area (Å²) < 4.78 is 48.5. The van der Waals surface area contributed by atoms with Crippen LogP contribution >= 0.6 is 0 Å². The minimum absolute atomic E-state index is 0.0288. The number of allylic oxidation sites excluding steroid dienone is 1. The lowest BCUT2D eigenvalue weighted by Gasteiger charge is -2.43. The first kappa shape index (κ1) is 56.7. The Morgan fingerprint density at radius 2 is 1.58 bits per heavy atom. The van der Waals surface area contributed by atoms with Crippen LogP contribution in [0, 0.1) is 41.4 Å². The van der Waals surface area contributed by atoms with Gasteiger partial charge in [-0.05, 0) is 101 Å². The predicted molar refractivity (Wildman–Crippen MR) is 258 cm³/mol. The van der Waals surface area contributed by atoms with Gasteiger partial charge in [0.1, 0.15) is 65.9 Å². The highest BCUT2D eigenvalue weighted by Gasteiger charge is 2.72. The Hall–Kier alpha value is -3.04. The number of nitrogens with zero attached hydrogens (tertiary/aromatic N) is 1. The Kier molecular flexibility index (Phi) is 18.5. The number of cyclic esters (lactones) is 1. The average molecular weight is 1020 g/mol. The maximum absolute atomic E-state index is 14.5. The molecule has 7 aliphatic rings. The van der Waals surface area contributed by atoms with Crippen LogP contribution in [0.4, 0.5) is 0 Å². The Morgan fingerprint density at radius 1 is 0.875 bits per heavy atom. The lowest BCUT2D eigenvalue weighted by Crippen LogP contribution is -2.61. The molecule has 2 bridgehead atoms. The van der Waals surface area contributed by atoms with E-state index < -0.39 is 89.3 Å². The van der Waals surface area contributed by atoms with Gasteiger partial charge in [-0.15, -0.1) is 0 Å². The van der Waals surface area contributed by atoms with E-state index in [0.717, 1.165) is 0 Å². The summed E-state index contributed by atoms with van der Waals surface area (Å²) >= 11 is 0. The molecule has 0 radical (unpaired) electrons. The highest BCUT2D eigenvalue weighted by atomic mass is 16.7. The van der Waals surface area contributed by atoms with Crippen LogP contribution in [-0.2, 0) is 66.7 Å². The van der Waals surface area contributed by atoms with Gasteiger partial charge < -0.3 is 58.1 Å². The van der Waals surface area contributed by atoms with Gasteiger partial charge in [-0.3, -0.25) is 24.0 Å². The first-order valence-corrected chi connectivity index (χ1v) is 26.7. The molecule has 6 aliphatic heterocycles. The molecule has 6 heterocycles. The summed E-state index contributed by atoms with van der Waals surface area (Å²) in [6, 6.07) is -1.18. The van der Waals surface area contributed by atoms with Gasteiger partial charge in [0, 0.05) is 77.4 Å². The molecule has 6 unspecified atom stereocenters. The zero-order valence-corrected chi connectivity index (χ0v) is 44.2. The summed E-state index contributed by atoms with van der Waals surface area (Å²) in [7, 11) is 4.49. The van der Waals surface area contributed by atoms with Crippen molar-refractivity contribution in [3.8, 4) is 0 Å². The molecular weight excluding hydrogens is 935 g/mol. The van der Waals surface area contributed by atoms with E-state index >= 15 is 0 Å². The number of methoxy groups -OCH3 is 3. The normalized spacial score (nSPS) is 45.0. The van der Waals surface area contributed by atoms with Crippen molar-refractivity contribution < 1.29 is 82.0 Å². The van der Waals surface area contributed by atoms with E-state index in [9.17, 15) is 44.1 Å². The number of rotatable bonds is 9. The van der Waals surface area contributed by atoms with E-state index in [2.05, 4.69) is 0 Å². The maximum atomic E-state index is 14.5. The number of fused-ring (bicyclic) bond motifs is 8. The fourth-order valence-electron chi connectivity index (χ4n) is 12.7. The molecule has 0 aromatic heterocycles. The molecule has 18 nitrogen and oxygen atoms in total. The van der Waals surface area contributed by atoms with Crippen molar-refractivity contribution in [2.45, 2.75) is 217 Å². The van der Waals surface area contributed by atoms with Crippen molar-refractivity contribution >= 4 is 35.0 Å². The number of Topliss-reactive ketones (excluding diaryl/α,β-unsaturated/α-hetero) is 4. The zero-order valence-electron chi connectivity index (χ0n) is 44.2. The van der Waals surface area contributed by atoms with Crippen molar-refractivity contribution in [2.24, 2.45) is 41.4 Å². The zero-order chi connectivity index (χ0) is 52.6. The second kappa shape index (κ2) is 23.5. The van der Waals surface area contributed by atoms with E-state index in [-0.39, 0.29) is 111 Å². The quantitative estimate of drug-likeness (QED) is 0.128. The van der Waals surface area contributed by atoms with Gasteiger partial charge >= 0.3 is 5.97 Å². The summed E-state index contributed by atoms with van der Waals surface area (Å²) in [6.45, 7) is 12.4. The first-order chi connectivity index (χ1) is 34.1. The molecule has 1 amide bonds. The fraction of sp³-hybridized carbons (Fsp3) is 0.852. The lowest BCUT2D eigenvalue weighted by atomic mass is 9.73. The highest BCUT2D eigenvalue weighted by Crippen LogP contribution is 2.55. The highest BCUT2D eigenvalue weighted by molar-refractivity contribution is 6.39. The van der Waals surface area contributed by atoms with E-state index in [1.54, 1.807) is 41.1 Å². The third-order valence-corrected chi connectivity index (χ3v) is 17.6. The van der Waals surface area contributed by atoms with Gasteiger partial charge in [0.25, 0.3) is 11.7 Å². The monoisotopic (exact) mass is 1020 g/mol. The minimum Gasteiger partial charge on any atom is -0.460 e. The van der Waals surface area contributed by atoms with Crippen LogP contribution in [0.1, 0.15) is 132 Å². The number of esters is 1. The number of piperidine rings is 1. The number of ether oxygens (including phenoxy) is 8. The molecule has 0 spiro atoms. The summed E-state index contributed by atoms with van der Waals surface area (Å²) in [5, 5.41) is 33.1. The van der Waals surface area contributed by atoms with Gasteiger partial charge in [-0.25, -0.2) is 4.79 Å². The molecule has 18 heteroatoms.